The number of hydrogen-bond acceptors (Lipinski definition) is 8. The van der Waals surface area contributed by atoms with Crippen molar-refractivity contribution in [2.24, 2.45) is 5.73 Å². The van der Waals surface area contributed by atoms with E-state index in [4.69, 9.17) is 14.7 Å². The molecule has 0 spiro atoms. The van der Waals surface area contributed by atoms with Crippen LogP contribution in [0.25, 0.3) is 0 Å². The van der Waals surface area contributed by atoms with Crippen LogP contribution in [-0.4, -0.2) is 45.8 Å². The number of nitrogens with two attached hydrogens (primary N) is 1. The van der Waals surface area contributed by atoms with Gasteiger partial charge in [0.1, 0.15) is 5.60 Å². The Kier molecular flexibility index (Phi) is 8.86. The molecule has 0 saturated carbocycles. The van der Waals surface area contributed by atoms with E-state index in [0.717, 1.165) is 5.56 Å². The zero-order valence-corrected chi connectivity index (χ0v) is 17.4. The molecule has 1 aromatic carbocycles. The molecule has 3 N–H and O–H groups in total. The molecule has 1 rings (SSSR count). The summed E-state index contributed by atoms with van der Waals surface area (Å²) in [5.74, 6) is -0.490. The Morgan fingerprint density at radius 2 is 1.79 bits per heavy atom. The highest BCUT2D eigenvalue weighted by Crippen LogP contribution is 2.15. The van der Waals surface area contributed by atoms with Crippen LogP contribution in [0.3, 0.4) is 0 Å². The van der Waals surface area contributed by atoms with E-state index in [-0.39, 0.29) is 30.9 Å². The van der Waals surface area contributed by atoms with Gasteiger partial charge in [0.25, 0.3) is 10.1 Å². The van der Waals surface area contributed by atoms with Crippen LogP contribution in [0.15, 0.2) is 29.2 Å². The van der Waals surface area contributed by atoms with E-state index in [0.29, 0.717) is 0 Å². The minimum Gasteiger partial charge on any atom is -0.469 e. The Morgan fingerprint density at radius 3 is 2.29 bits per heavy atom. The van der Waals surface area contributed by atoms with Crippen LogP contribution in [0.4, 0.5) is 4.79 Å². The number of esters is 1. The van der Waals surface area contributed by atoms with Crippen LogP contribution in [-0.2, 0) is 35.1 Å². The van der Waals surface area contributed by atoms with E-state index in [2.05, 4.69) is 10.1 Å². The number of carbonyl (C=O) groups is 2. The Balaban J connectivity index is 2.79. The summed E-state index contributed by atoms with van der Waals surface area (Å²) in [6.07, 6.45) is -0.644. The van der Waals surface area contributed by atoms with Gasteiger partial charge in [0.15, 0.2) is 0 Å². The molecule has 9 nitrogen and oxygen atoms in total. The molecule has 0 heterocycles. The van der Waals surface area contributed by atoms with E-state index in [1.807, 2.05) is 0 Å². The van der Waals surface area contributed by atoms with Crippen molar-refractivity contribution in [3.05, 3.63) is 29.8 Å². The molecular formula is C18H28N2O7S. The molecule has 1 aromatic rings. The van der Waals surface area contributed by atoms with Crippen LogP contribution in [0, 0.1) is 0 Å². The second kappa shape index (κ2) is 10.4. The summed E-state index contributed by atoms with van der Waals surface area (Å²) in [5.41, 5.74) is 5.55. The highest BCUT2D eigenvalue weighted by atomic mass is 32.2. The maximum Gasteiger partial charge on any atom is 0.407 e. The fraction of sp³-hybridized carbons (Fsp3) is 0.556. The fourth-order valence-electron chi connectivity index (χ4n) is 2.10. The number of methoxy groups -OCH3 is 1. The fourth-order valence-corrected chi connectivity index (χ4v) is 3.05. The second-order valence-corrected chi connectivity index (χ2v) is 8.66. The van der Waals surface area contributed by atoms with Gasteiger partial charge in [0.05, 0.1) is 24.7 Å². The van der Waals surface area contributed by atoms with Crippen molar-refractivity contribution in [2.75, 3.05) is 13.7 Å². The summed E-state index contributed by atoms with van der Waals surface area (Å²) >= 11 is 0. The molecule has 0 bridgehead atoms. The summed E-state index contributed by atoms with van der Waals surface area (Å²) in [5, 5.41) is 2.52. The molecule has 0 aromatic heterocycles. The molecule has 0 fully saturated rings. The van der Waals surface area contributed by atoms with Crippen LogP contribution in [0.1, 0.15) is 39.2 Å². The van der Waals surface area contributed by atoms with Crippen molar-refractivity contribution < 1.29 is 31.7 Å². The van der Waals surface area contributed by atoms with Gasteiger partial charge < -0.3 is 20.5 Å². The molecule has 10 heteroatoms. The monoisotopic (exact) mass is 416 g/mol. The molecule has 0 saturated heterocycles. The van der Waals surface area contributed by atoms with Crippen molar-refractivity contribution in [2.45, 2.75) is 56.7 Å². The first-order valence-electron chi connectivity index (χ1n) is 8.71. The van der Waals surface area contributed by atoms with Crippen LogP contribution >= 0.6 is 0 Å². The first-order valence-corrected chi connectivity index (χ1v) is 10.1. The van der Waals surface area contributed by atoms with Gasteiger partial charge >= 0.3 is 12.1 Å². The first kappa shape index (κ1) is 23.9. The second-order valence-electron chi connectivity index (χ2n) is 7.04. The van der Waals surface area contributed by atoms with Gasteiger partial charge in [-0.15, -0.1) is 0 Å². The van der Waals surface area contributed by atoms with Crippen LogP contribution in [0.2, 0.25) is 0 Å². The zero-order chi connectivity index (χ0) is 21.4. The quantitative estimate of drug-likeness (QED) is 0.459. The molecular weight excluding hydrogens is 388 g/mol. The molecule has 0 aliphatic rings. The molecule has 1 amide bonds. The number of benzene rings is 1. The molecule has 0 radical (unpaired) electrons. The van der Waals surface area contributed by atoms with Crippen molar-refractivity contribution in [1.82, 2.24) is 5.32 Å². The van der Waals surface area contributed by atoms with Gasteiger partial charge in [-0.2, -0.15) is 8.42 Å². The van der Waals surface area contributed by atoms with E-state index >= 15 is 0 Å². The molecule has 158 valence electrons. The third-order valence-corrected chi connectivity index (χ3v) is 4.81. The zero-order valence-electron chi connectivity index (χ0n) is 16.6. The standard InChI is InChI=1S/C18H28N2O7S/c1-18(2,3)27-17(22)20-14(7-10-16(21)25-4)12-26-28(23,24)15-8-5-13(11-19)6-9-15/h5-6,8-9,14H,7,10-12,19H2,1-4H3,(H,20,22)/t14-/m0/s1. The average molecular weight is 416 g/mol. The predicted molar refractivity (Wildman–Crippen MR) is 102 cm³/mol. The van der Waals surface area contributed by atoms with Gasteiger partial charge in [-0.25, -0.2) is 4.79 Å². The summed E-state index contributed by atoms with van der Waals surface area (Å²) in [6, 6.07) is 5.19. The molecule has 0 unspecified atom stereocenters. The maximum atomic E-state index is 12.4. The van der Waals surface area contributed by atoms with E-state index in [9.17, 15) is 18.0 Å². The summed E-state index contributed by atoms with van der Waals surface area (Å²) in [7, 11) is -2.80. The van der Waals surface area contributed by atoms with Gasteiger partial charge in [-0.3, -0.25) is 8.98 Å². The number of carbonyl (C=O) groups excluding carboxylic acids is 2. The lowest BCUT2D eigenvalue weighted by Gasteiger charge is -2.23. The Morgan fingerprint density at radius 1 is 1.18 bits per heavy atom. The van der Waals surface area contributed by atoms with Gasteiger partial charge in [-0.05, 0) is 44.9 Å². The number of nitrogens with one attached hydrogen (secondary N) is 1. The van der Waals surface area contributed by atoms with E-state index < -0.39 is 33.8 Å². The SMILES string of the molecule is COC(=O)CC[C@@H](COS(=O)(=O)c1ccc(CN)cc1)NC(=O)OC(C)(C)C. The number of alkyl carbamates (subject to hydrolysis) is 1. The highest BCUT2D eigenvalue weighted by Gasteiger charge is 2.23. The Labute approximate surface area is 165 Å². The van der Waals surface area contributed by atoms with Gasteiger partial charge in [0, 0.05) is 13.0 Å². The van der Waals surface area contributed by atoms with E-state index in [1.165, 1.54) is 19.2 Å². The lowest BCUT2D eigenvalue weighted by molar-refractivity contribution is -0.140. The lowest BCUT2D eigenvalue weighted by Crippen LogP contribution is -2.42. The summed E-state index contributed by atoms with van der Waals surface area (Å²) < 4.78 is 39.5. The van der Waals surface area contributed by atoms with Crippen molar-refractivity contribution in [3.63, 3.8) is 0 Å². The molecule has 0 aliphatic carbocycles. The third kappa shape index (κ3) is 8.68. The average Bonchev–Trinajstić information content (AvgIpc) is 2.62. The van der Waals surface area contributed by atoms with Gasteiger partial charge in [-0.1, -0.05) is 12.1 Å². The Hall–Kier alpha value is -2.17. The minimum absolute atomic E-state index is 0.0223. The first-order chi connectivity index (χ1) is 13.0. The minimum atomic E-state index is -4.04. The topological polar surface area (TPSA) is 134 Å². The number of rotatable bonds is 9. The van der Waals surface area contributed by atoms with Crippen molar-refractivity contribution in [1.29, 1.82) is 0 Å². The normalized spacial score (nSPS) is 12.9. The number of amides is 1. The lowest BCUT2D eigenvalue weighted by atomic mass is 10.1. The highest BCUT2D eigenvalue weighted by molar-refractivity contribution is 7.86. The predicted octanol–water partition coefficient (Wildman–Crippen LogP) is 1.70. The van der Waals surface area contributed by atoms with Crippen LogP contribution < -0.4 is 11.1 Å². The van der Waals surface area contributed by atoms with E-state index in [1.54, 1.807) is 32.9 Å². The Bertz CT molecular complexity index is 755. The van der Waals surface area contributed by atoms with Gasteiger partial charge in [0.2, 0.25) is 0 Å². The smallest absolute Gasteiger partial charge is 0.407 e. The number of hydrogen-bond donors (Lipinski definition) is 2. The maximum absolute atomic E-state index is 12.4. The molecule has 1 atom stereocenters. The summed E-state index contributed by atoms with van der Waals surface area (Å²) in [4.78, 5) is 23.3. The third-order valence-electron chi connectivity index (χ3n) is 3.52. The number of ether oxygens (including phenoxy) is 2. The molecule has 28 heavy (non-hydrogen) atoms. The summed E-state index contributed by atoms with van der Waals surface area (Å²) in [6.45, 7) is 5.01. The van der Waals surface area contributed by atoms with Crippen molar-refractivity contribution in [3.8, 4) is 0 Å². The largest absolute Gasteiger partial charge is 0.469 e. The van der Waals surface area contributed by atoms with Crippen molar-refractivity contribution >= 4 is 22.2 Å². The molecule has 0 aliphatic heterocycles. The van der Waals surface area contributed by atoms with Crippen LogP contribution in [0.5, 0.6) is 0 Å².